The lowest BCUT2D eigenvalue weighted by atomic mass is 9.77. The molecule has 0 bridgehead atoms. The number of rotatable bonds is 10. The van der Waals surface area contributed by atoms with Crippen LogP contribution in [-0.2, 0) is 0 Å². The number of allylic oxidation sites excluding steroid dienone is 2. The van der Waals surface area contributed by atoms with Crippen LogP contribution in [0.5, 0.6) is 0 Å². The zero-order valence-corrected chi connectivity index (χ0v) is 36.6. The van der Waals surface area contributed by atoms with Crippen LogP contribution < -0.4 is 21.3 Å². The Balaban J connectivity index is 1.02. The second-order valence-electron chi connectivity index (χ2n) is 17.0. The highest BCUT2D eigenvalue weighted by Gasteiger charge is 2.34. The van der Waals surface area contributed by atoms with Crippen molar-refractivity contribution < 1.29 is 0 Å². The molecule has 0 saturated carbocycles. The average Bonchev–Trinajstić information content (AvgIpc) is 3.42. The van der Waals surface area contributed by atoms with Gasteiger partial charge in [-0.1, -0.05) is 255 Å². The number of dihydropyridines is 1. The molecule has 2 aliphatic heterocycles. The summed E-state index contributed by atoms with van der Waals surface area (Å²) in [5, 5.41) is 15.9. The topological polar surface area (TPSA) is 48.1 Å². The third-order valence-corrected chi connectivity index (χ3v) is 12.9. The Labute approximate surface area is 388 Å². The lowest BCUT2D eigenvalue weighted by Crippen LogP contribution is -2.54. The van der Waals surface area contributed by atoms with Crippen LogP contribution in [0.2, 0.25) is 0 Å². The van der Waals surface area contributed by atoms with Crippen LogP contribution >= 0.6 is 0 Å². The smallest absolute Gasteiger partial charge is 0.0864 e. The van der Waals surface area contributed by atoms with E-state index >= 15 is 0 Å². The highest BCUT2D eigenvalue weighted by atomic mass is 15.4. The lowest BCUT2D eigenvalue weighted by Gasteiger charge is -2.40. The first-order valence-electron chi connectivity index (χ1n) is 22.9. The van der Waals surface area contributed by atoms with Crippen molar-refractivity contribution in [3.8, 4) is 22.3 Å². The molecule has 318 valence electrons. The van der Waals surface area contributed by atoms with Crippen molar-refractivity contribution in [2.75, 3.05) is 0 Å². The molecule has 2 aliphatic rings. The molecule has 4 N–H and O–H groups in total. The van der Waals surface area contributed by atoms with E-state index in [2.05, 4.69) is 276 Å². The van der Waals surface area contributed by atoms with Crippen LogP contribution in [0.1, 0.15) is 69.0 Å². The van der Waals surface area contributed by atoms with Gasteiger partial charge in [0.25, 0.3) is 0 Å². The van der Waals surface area contributed by atoms with Gasteiger partial charge in [0.15, 0.2) is 0 Å². The molecule has 1 saturated heterocycles. The summed E-state index contributed by atoms with van der Waals surface area (Å²) in [6, 6.07) is 91.6. The standard InChI is InChI=1S/C62H50N4/c1-7-19-43(20-8-1)45-31-37-52(38-32-45)60-64-61(53-39-33-46(34-40-53)44-21-9-2-10-22-44)66-62(65-60)54-41-35-49(36-42-54)55-56(47-23-11-3-12-24-47)58(50-27-15-5-16-28-50)63-59(51-29-17-6-18-30-51)57(55)48-25-13-4-14-26-48/h1-42,58,60-66H. The Bertz CT molecular complexity index is 2990. The fourth-order valence-corrected chi connectivity index (χ4v) is 9.60. The first kappa shape index (κ1) is 40.9. The van der Waals surface area contributed by atoms with E-state index in [4.69, 9.17) is 0 Å². The Morgan fingerprint density at radius 2 is 0.530 bits per heavy atom. The van der Waals surface area contributed by atoms with Gasteiger partial charge >= 0.3 is 0 Å². The van der Waals surface area contributed by atoms with Crippen LogP contribution in [0.4, 0.5) is 0 Å². The van der Waals surface area contributed by atoms with Crippen LogP contribution in [0.25, 0.3) is 44.7 Å². The van der Waals surface area contributed by atoms with Crippen molar-refractivity contribution in [2.24, 2.45) is 0 Å². The minimum atomic E-state index is -0.158. The van der Waals surface area contributed by atoms with Crippen molar-refractivity contribution in [2.45, 2.75) is 24.5 Å². The Morgan fingerprint density at radius 1 is 0.227 bits per heavy atom. The predicted molar refractivity (Wildman–Crippen MR) is 273 cm³/mol. The average molecular weight is 851 g/mol. The molecule has 0 spiro atoms. The van der Waals surface area contributed by atoms with Gasteiger partial charge in [-0.3, -0.25) is 16.0 Å². The van der Waals surface area contributed by atoms with E-state index in [0.717, 1.165) is 28.0 Å². The van der Waals surface area contributed by atoms with Crippen LogP contribution in [0.3, 0.4) is 0 Å². The molecule has 2 heterocycles. The van der Waals surface area contributed by atoms with Gasteiger partial charge in [-0.15, -0.1) is 0 Å². The summed E-state index contributed by atoms with van der Waals surface area (Å²) >= 11 is 0. The van der Waals surface area contributed by atoms with Gasteiger partial charge in [-0.05, 0) is 77.9 Å². The molecule has 4 nitrogen and oxygen atoms in total. The summed E-state index contributed by atoms with van der Waals surface area (Å²) in [7, 11) is 0. The fraction of sp³-hybridized carbons (Fsp3) is 0.0645. The molecule has 3 unspecified atom stereocenters. The number of benzene rings is 9. The minimum Gasteiger partial charge on any atom is -0.373 e. The van der Waals surface area contributed by atoms with Crippen molar-refractivity contribution in [3.05, 3.63) is 299 Å². The maximum Gasteiger partial charge on any atom is 0.0864 e. The first-order valence-corrected chi connectivity index (χ1v) is 22.9. The van der Waals surface area contributed by atoms with Crippen LogP contribution in [0.15, 0.2) is 255 Å². The van der Waals surface area contributed by atoms with Gasteiger partial charge in [0, 0.05) is 5.57 Å². The zero-order valence-electron chi connectivity index (χ0n) is 36.6. The SMILES string of the molecule is c1ccc(C2=C(c3ccccc3)C(c3ccc(C4NC(c5ccc(-c6ccccc6)cc5)NC(c5ccc(-c6ccccc6)cc5)N4)cc3)=C(c3ccccc3)C(c3ccccc3)N2)cc1. The monoisotopic (exact) mass is 850 g/mol. The van der Waals surface area contributed by atoms with Crippen LogP contribution in [-0.4, -0.2) is 0 Å². The number of hydrogen-bond acceptors (Lipinski definition) is 4. The van der Waals surface area contributed by atoms with Gasteiger partial charge in [0.05, 0.1) is 30.2 Å². The molecule has 9 aromatic rings. The van der Waals surface area contributed by atoms with E-state index in [0.29, 0.717) is 0 Å². The normalized spacial score (nSPS) is 18.4. The van der Waals surface area contributed by atoms with Crippen molar-refractivity contribution >= 4 is 22.4 Å². The number of hydrogen-bond donors (Lipinski definition) is 4. The van der Waals surface area contributed by atoms with Gasteiger partial charge in [-0.25, -0.2) is 0 Å². The van der Waals surface area contributed by atoms with Gasteiger partial charge in [-0.2, -0.15) is 0 Å². The van der Waals surface area contributed by atoms with Gasteiger partial charge in [0.2, 0.25) is 0 Å². The summed E-state index contributed by atoms with van der Waals surface area (Å²) in [6.45, 7) is 0. The molecular weight excluding hydrogens is 801 g/mol. The third-order valence-electron chi connectivity index (χ3n) is 12.9. The van der Waals surface area contributed by atoms with Crippen LogP contribution in [0, 0.1) is 0 Å². The molecule has 0 aliphatic carbocycles. The van der Waals surface area contributed by atoms with Gasteiger partial charge in [0.1, 0.15) is 0 Å². The Morgan fingerprint density at radius 3 is 0.939 bits per heavy atom. The summed E-state index contributed by atoms with van der Waals surface area (Å²) in [6.07, 6.45) is -0.400. The van der Waals surface area contributed by atoms with E-state index < -0.39 is 0 Å². The number of nitrogens with one attached hydrogen (secondary N) is 4. The van der Waals surface area contributed by atoms with Crippen molar-refractivity contribution in [1.29, 1.82) is 0 Å². The molecule has 66 heavy (non-hydrogen) atoms. The second-order valence-corrected chi connectivity index (χ2v) is 17.0. The maximum absolute atomic E-state index is 4.11. The molecule has 4 heteroatoms. The van der Waals surface area contributed by atoms with Crippen molar-refractivity contribution in [1.82, 2.24) is 21.3 Å². The molecule has 0 radical (unpaired) electrons. The Kier molecular flexibility index (Phi) is 11.6. The van der Waals surface area contributed by atoms with E-state index in [1.54, 1.807) is 0 Å². The minimum absolute atomic E-state index is 0.109. The second kappa shape index (κ2) is 18.7. The maximum atomic E-state index is 4.11. The molecular formula is C62H50N4. The quantitative estimate of drug-likeness (QED) is 0.111. The predicted octanol–water partition coefficient (Wildman–Crippen LogP) is 14.0. The highest BCUT2D eigenvalue weighted by molar-refractivity contribution is 6.23. The van der Waals surface area contributed by atoms with Gasteiger partial charge < -0.3 is 5.32 Å². The fourth-order valence-electron chi connectivity index (χ4n) is 9.60. The molecule has 9 aromatic carbocycles. The first-order chi connectivity index (χ1) is 32.7. The molecule has 3 atom stereocenters. The molecule has 11 rings (SSSR count). The molecule has 0 aromatic heterocycles. The summed E-state index contributed by atoms with van der Waals surface area (Å²) in [5.41, 5.74) is 18.9. The Hall–Kier alpha value is -7.86. The van der Waals surface area contributed by atoms with E-state index in [9.17, 15) is 0 Å². The largest absolute Gasteiger partial charge is 0.373 e. The van der Waals surface area contributed by atoms with E-state index in [-0.39, 0.29) is 24.5 Å². The summed E-state index contributed by atoms with van der Waals surface area (Å²) < 4.78 is 0. The molecule has 0 amide bonds. The summed E-state index contributed by atoms with van der Waals surface area (Å²) in [5.74, 6) is 0. The zero-order chi connectivity index (χ0) is 44.1. The van der Waals surface area contributed by atoms with E-state index in [1.165, 1.54) is 61.2 Å². The summed E-state index contributed by atoms with van der Waals surface area (Å²) in [4.78, 5) is 0. The highest BCUT2D eigenvalue weighted by Crippen LogP contribution is 2.50. The third kappa shape index (κ3) is 8.45. The lowest BCUT2D eigenvalue weighted by molar-refractivity contribution is 0.203. The van der Waals surface area contributed by atoms with Crippen molar-refractivity contribution in [3.63, 3.8) is 0 Å². The molecule has 1 fully saturated rings. The van der Waals surface area contributed by atoms with E-state index in [1.807, 2.05) is 0 Å².